The average molecular weight is 306 g/mol. The second-order valence-corrected chi connectivity index (χ2v) is 6.12. The van der Waals surface area contributed by atoms with Crippen LogP contribution in [-0.2, 0) is 0 Å². The van der Waals surface area contributed by atoms with Crippen molar-refractivity contribution in [1.82, 2.24) is 0 Å². The fourth-order valence-corrected chi connectivity index (χ4v) is 2.81. The summed E-state index contributed by atoms with van der Waals surface area (Å²) in [5.74, 6) is 0.952. The van der Waals surface area contributed by atoms with Crippen molar-refractivity contribution in [3.05, 3.63) is 59.9 Å². The molecule has 0 saturated heterocycles. The Morgan fingerprint density at radius 2 is 1.90 bits per heavy atom. The summed E-state index contributed by atoms with van der Waals surface area (Å²) in [7, 11) is 0. The molecule has 0 amide bonds. The number of benzene rings is 2. The largest absolute Gasteiger partial charge is 0.491 e. The standard InChI is InChI=1S/C17H19FO2S/c1-12(2)20-15-7-3-5-13(9-15)17(19)11-21-16-8-4-6-14(18)10-16/h3-10,12,17,19H,11H2,1-2H3. The minimum absolute atomic E-state index is 0.0964. The third kappa shape index (κ3) is 5.06. The van der Waals surface area contributed by atoms with Gasteiger partial charge in [0.15, 0.2) is 0 Å². The van der Waals surface area contributed by atoms with Crippen LogP contribution < -0.4 is 4.74 Å². The molecule has 0 heterocycles. The molecule has 0 aliphatic carbocycles. The van der Waals surface area contributed by atoms with Crippen molar-refractivity contribution >= 4 is 11.8 Å². The lowest BCUT2D eigenvalue weighted by Gasteiger charge is -2.14. The van der Waals surface area contributed by atoms with Gasteiger partial charge in [0.1, 0.15) is 11.6 Å². The fourth-order valence-electron chi connectivity index (χ4n) is 1.90. The molecule has 2 nitrogen and oxygen atoms in total. The van der Waals surface area contributed by atoms with Gasteiger partial charge < -0.3 is 9.84 Å². The van der Waals surface area contributed by atoms with Crippen LogP contribution >= 0.6 is 11.8 Å². The molecule has 1 N–H and O–H groups in total. The molecule has 21 heavy (non-hydrogen) atoms. The van der Waals surface area contributed by atoms with Gasteiger partial charge in [-0.3, -0.25) is 0 Å². The van der Waals surface area contributed by atoms with Gasteiger partial charge in [-0.25, -0.2) is 4.39 Å². The first-order chi connectivity index (χ1) is 10.0. The molecule has 0 aliphatic heterocycles. The van der Waals surface area contributed by atoms with Gasteiger partial charge >= 0.3 is 0 Å². The maximum atomic E-state index is 13.1. The van der Waals surface area contributed by atoms with Crippen LogP contribution in [0.3, 0.4) is 0 Å². The Morgan fingerprint density at radius 3 is 2.62 bits per heavy atom. The summed E-state index contributed by atoms with van der Waals surface area (Å²) in [6, 6.07) is 13.8. The average Bonchev–Trinajstić information content (AvgIpc) is 2.44. The van der Waals surface area contributed by atoms with E-state index in [2.05, 4.69) is 0 Å². The van der Waals surface area contributed by atoms with E-state index >= 15 is 0 Å². The van der Waals surface area contributed by atoms with Crippen molar-refractivity contribution in [2.24, 2.45) is 0 Å². The summed E-state index contributed by atoms with van der Waals surface area (Å²) in [6.07, 6.45) is -0.520. The normalized spacial score (nSPS) is 12.4. The minimum Gasteiger partial charge on any atom is -0.491 e. The summed E-state index contributed by atoms with van der Waals surface area (Å²) < 4.78 is 18.7. The summed E-state index contributed by atoms with van der Waals surface area (Å²) in [4.78, 5) is 0.809. The number of thioether (sulfide) groups is 1. The number of rotatable bonds is 6. The van der Waals surface area contributed by atoms with Crippen LogP contribution in [0, 0.1) is 5.82 Å². The van der Waals surface area contributed by atoms with Crippen molar-refractivity contribution in [2.75, 3.05) is 5.75 Å². The van der Waals surface area contributed by atoms with Crippen molar-refractivity contribution in [1.29, 1.82) is 0 Å². The topological polar surface area (TPSA) is 29.5 Å². The maximum Gasteiger partial charge on any atom is 0.124 e. The Kier molecular flexibility index (Phi) is 5.65. The van der Waals surface area contributed by atoms with Crippen molar-refractivity contribution in [2.45, 2.75) is 31.0 Å². The van der Waals surface area contributed by atoms with E-state index in [1.165, 1.54) is 23.9 Å². The zero-order chi connectivity index (χ0) is 15.2. The van der Waals surface area contributed by atoms with Crippen molar-refractivity contribution in [3.63, 3.8) is 0 Å². The molecule has 2 aromatic rings. The molecule has 2 rings (SSSR count). The molecule has 0 fully saturated rings. The summed E-state index contributed by atoms with van der Waals surface area (Å²) in [5.41, 5.74) is 0.803. The van der Waals surface area contributed by atoms with E-state index in [1.807, 2.05) is 44.2 Å². The molecule has 0 aliphatic rings. The van der Waals surface area contributed by atoms with Gasteiger partial charge in [-0.1, -0.05) is 18.2 Å². The molecule has 0 spiro atoms. The Morgan fingerprint density at radius 1 is 1.14 bits per heavy atom. The Bertz CT molecular complexity index is 587. The number of ether oxygens (including phenoxy) is 1. The third-order valence-corrected chi connectivity index (χ3v) is 3.89. The summed E-state index contributed by atoms with van der Waals surface area (Å²) >= 11 is 1.43. The second-order valence-electron chi connectivity index (χ2n) is 5.02. The molecular weight excluding hydrogens is 287 g/mol. The maximum absolute atomic E-state index is 13.1. The number of hydrogen-bond donors (Lipinski definition) is 1. The van der Waals surface area contributed by atoms with Gasteiger partial charge in [-0.15, -0.1) is 11.8 Å². The van der Waals surface area contributed by atoms with Gasteiger partial charge in [0.2, 0.25) is 0 Å². The monoisotopic (exact) mass is 306 g/mol. The highest BCUT2D eigenvalue weighted by atomic mass is 32.2. The van der Waals surface area contributed by atoms with Crippen LogP contribution in [-0.4, -0.2) is 17.0 Å². The zero-order valence-corrected chi connectivity index (χ0v) is 12.9. The van der Waals surface area contributed by atoms with Crippen LogP contribution in [0.25, 0.3) is 0 Å². The van der Waals surface area contributed by atoms with Crippen molar-refractivity contribution < 1.29 is 14.2 Å². The molecule has 0 saturated carbocycles. The van der Waals surface area contributed by atoms with E-state index < -0.39 is 6.10 Å². The first-order valence-electron chi connectivity index (χ1n) is 6.87. The lowest BCUT2D eigenvalue weighted by molar-refractivity contribution is 0.201. The van der Waals surface area contributed by atoms with Gasteiger partial charge in [0, 0.05) is 10.6 Å². The number of halogens is 1. The number of aliphatic hydroxyl groups is 1. The predicted octanol–water partition coefficient (Wildman–Crippen LogP) is 4.44. The highest BCUT2D eigenvalue weighted by Crippen LogP contribution is 2.27. The molecule has 1 unspecified atom stereocenters. The van der Waals surface area contributed by atoms with Crippen molar-refractivity contribution in [3.8, 4) is 5.75 Å². The summed E-state index contributed by atoms with van der Waals surface area (Å²) in [5, 5.41) is 10.2. The first kappa shape index (κ1) is 15.9. The predicted molar refractivity (Wildman–Crippen MR) is 84.3 cm³/mol. The van der Waals surface area contributed by atoms with Crippen LogP contribution in [0.2, 0.25) is 0 Å². The molecule has 112 valence electrons. The fraction of sp³-hybridized carbons (Fsp3) is 0.294. The second kappa shape index (κ2) is 7.48. The zero-order valence-electron chi connectivity index (χ0n) is 12.1. The van der Waals surface area contributed by atoms with E-state index in [0.29, 0.717) is 5.75 Å². The smallest absolute Gasteiger partial charge is 0.124 e. The number of hydrogen-bond acceptors (Lipinski definition) is 3. The lowest BCUT2D eigenvalue weighted by atomic mass is 10.1. The molecule has 0 aromatic heterocycles. The quantitative estimate of drug-likeness (QED) is 0.800. The summed E-state index contributed by atoms with van der Waals surface area (Å²) in [6.45, 7) is 3.92. The molecule has 1 atom stereocenters. The molecular formula is C17H19FO2S. The third-order valence-electron chi connectivity index (χ3n) is 2.82. The number of aliphatic hydroxyl groups excluding tert-OH is 1. The van der Waals surface area contributed by atoms with Gasteiger partial charge in [-0.05, 0) is 49.7 Å². The molecule has 0 bridgehead atoms. The molecule has 0 radical (unpaired) electrons. The van der Waals surface area contributed by atoms with Gasteiger partial charge in [0.05, 0.1) is 12.2 Å². The Balaban J connectivity index is 1.98. The van der Waals surface area contributed by atoms with E-state index in [9.17, 15) is 9.50 Å². The Hall–Kier alpha value is -1.52. The van der Waals surface area contributed by atoms with Crippen LogP contribution in [0.4, 0.5) is 4.39 Å². The first-order valence-corrected chi connectivity index (χ1v) is 7.86. The van der Waals surface area contributed by atoms with E-state index in [4.69, 9.17) is 4.74 Å². The highest BCUT2D eigenvalue weighted by molar-refractivity contribution is 7.99. The van der Waals surface area contributed by atoms with E-state index in [1.54, 1.807) is 6.07 Å². The van der Waals surface area contributed by atoms with Crippen LogP contribution in [0.5, 0.6) is 5.75 Å². The molecule has 4 heteroatoms. The SMILES string of the molecule is CC(C)Oc1cccc(C(O)CSc2cccc(F)c2)c1. The Labute approximate surface area is 129 Å². The molecule has 2 aromatic carbocycles. The van der Waals surface area contributed by atoms with E-state index in [0.717, 1.165) is 16.2 Å². The van der Waals surface area contributed by atoms with E-state index in [-0.39, 0.29) is 11.9 Å². The highest BCUT2D eigenvalue weighted by Gasteiger charge is 2.10. The minimum atomic E-state index is -0.617. The van der Waals surface area contributed by atoms with Gasteiger partial charge in [0.25, 0.3) is 0 Å². The lowest BCUT2D eigenvalue weighted by Crippen LogP contribution is -2.07. The van der Waals surface area contributed by atoms with Crippen LogP contribution in [0.1, 0.15) is 25.5 Å². The van der Waals surface area contributed by atoms with Crippen LogP contribution in [0.15, 0.2) is 53.4 Å². The van der Waals surface area contributed by atoms with Gasteiger partial charge in [-0.2, -0.15) is 0 Å².